The molecule has 0 aromatic rings. The lowest BCUT2D eigenvalue weighted by molar-refractivity contribution is 0.595. The van der Waals surface area contributed by atoms with Gasteiger partial charge in [-0.3, -0.25) is 4.72 Å². The highest BCUT2D eigenvalue weighted by Gasteiger charge is 1.99. The zero-order valence-electron chi connectivity index (χ0n) is 6.79. The lowest BCUT2D eigenvalue weighted by atomic mass is 10.3. The van der Waals surface area contributed by atoms with Crippen molar-refractivity contribution in [3.8, 4) is 0 Å². The summed E-state index contributed by atoms with van der Waals surface area (Å²) >= 11 is 0. The molecule has 3 nitrogen and oxygen atoms in total. The van der Waals surface area contributed by atoms with E-state index in [9.17, 15) is 8.42 Å². The van der Waals surface area contributed by atoms with Gasteiger partial charge >= 0.3 is 0 Å². The average Bonchev–Trinajstić information content (AvgIpc) is 1.84. The summed E-state index contributed by atoms with van der Waals surface area (Å²) in [6, 6.07) is 0. The monoisotopic (exact) mass is 175 g/mol. The fraction of sp³-hybridized carbons (Fsp3) is 0.429. The number of hydrogen-bond acceptors (Lipinski definition) is 2. The van der Waals surface area contributed by atoms with E-state index in [-0.39, 0.29) is 0 Å². The second-order valence-electron chi connectivity index (χ2n) is 2.15. The molecule has 11 heavy (non-hydrogen) atoms. The first-order chi connectivity index (χ1) is 4.99. The van der Waals surface area contributed by atoms with Gasteiger partial charge in [0.2, 0.25) is 10.0 Å². The molecule has 0 amide bonds. The SMILES string of the molecule is C=C/C(=C\CC)NS(C)(=O)=O. The molecular weight excluding hydrogens is 162 g/mol. The van der Waals surface area contributed by atoms with Crippen molar-refractivity contribution in [2.75, 3.05) is 6.26 Å². The number of hydrogen-bond donors (Lipinski definition) is 1. The molecule has 0 atom stereocenters. The zero-order chi connectivity index (χ0) is 8.91. The molecule has 0 fully saturated rings. The summed E-state index contributed by atoms with van der Waals surface area (Å²) in [6.45, 7) is 5.39. The van der Waals surface area contributed by atoms with Crippen LogP contribution in [-0.4, -0.2) is 14.7 Å². The van der Waals surface area contributed by atoms with Crippen molar-refractivity contribution < 1.29 is 8.42 Å². The summed E-state index contributed by atoms with van der Waals surface area (Å²) in [5, 5.41) is 0. The summed E-state index contributed by atoms with van der Waals surface area (Å²) < 4.78 is 23.7. The minimum Gasteiger partial charge on any atom is -0.284 e. The van der Waals surface area contributed by atoms with Gasteiger partial charge in [0, 0.05) is 5.70 Å². The number of allylic oxidation sites excluding steroid dienone is 2. The Balaban J connectivity index is 4.34. The van der Waals surface area contributed by atoms with Gasteiger partial charge in [-0.25, -0.2) is 8.42 Å². The lowest BCUT2D eigenvalue weighted by Gasteiger charge is -2.02. The van der Waals surface area contributed by atoms with E-state index in [0.29, 0.717) is 5.70 Å². The Bertz CT molecular complexity index is 252. The third-order valence-electron chi connectivity index (χ3n) is 0.947. The Morgan fingerprint density at radius 2 is 2.18 bits per heavy atom. The second-order valence-corrected chi connectivity index (χ2v) is 3.89. The summed E-state index contributed by atoms with van der Waals surface area (Å²) in [5.41, 5.74) is 0.537. The van der Waals surface area contributed by atoms with E-state index in [1.165, 1.54) is 6.08 Å². The average molecular weight is 175 g/mol. The van der Waals surface area contributed by atoms with Gasteiger partial charge in [-0.15, -0.1) is 0 Å². The molecule has 0 aliphatic heterocycles. The quantitative estimate of drug-likeness (QED) is 0.648. The first-order valence-electron chi connectivity index (χ1n) is 3.30. The maximum Gasteiger partial charge on any atom is 0.229 e. The van der Waals surface area contributed by atoms with Crippen LogP contribution in [0.15, 0.2) is 24.4 Å². The predicted molar refractivity (Wildman–Crippen MR) is 46.6 cm³/mol. The molecule has 0 spiro atoms. The van der Waals surface area contributed by atoms with Crippen molar-refractivity contribution in [3.05, 3.63) is 24.4 Å². The van der Waals surface area contributed by atoms with Crippen LogP contribution in [0.1, 0.15) is 13.3 Å². The summed E-state index contributed by atoms with van der Waals surface area (Å²) in [5.74, 6) is 0. The normalized spacial score (nSPS) is 12.7. The van der Waals surface area contributed by atoms with Crippen molar-refractivity contribution in [1.82, 2.24) is 4.72 Å². The fourth-order valence-corrected chi connectivity index (χ4v) is 1.20. The van der Waals surface area contributed by atoms with Crippen molar-refractivity contribution in [2.24, 2.45) is 0 Å². The molecule has 0 aromatic heterocycles. The van der Waals surface area contributed by atoms with Crippen LogP contribution in [0.3, 0.4) is 0 Å². The van der Waals surface area contributed by atoms with Crippen LogP contribution in [0.2, 0.25) is 0 Å². The highest BCUT2D eigenvalue weighted by atomic mass is 32.2. The lowest BCUT2D eigenvalue weighted by Crippen LogP contribution is -2.19. The molecule has 1 N–H and O–H groups in total. The van der Waals surface area contributed by atoms with Gasteiger partial charge in [-0.1, -0.05) is 19.6 Å². The molecule has 0 heterocycles. The van der Waals surface area contributed by atoms with Gasteiger partial charge in [0.15, 0.2) is 0 Å². The first kappa shape index (κ1) is 10.2. The molecule has 0 aliphatic rings. The van der Waals surface area contributed by atoms with Gasteiger partial charge < -0.3 is 0 Å². The van der Waals surface area contributed by atoms with Crippen molar-refractivity contribution in [1.29, 1.82) is 0 Å². The molecule has 0 rings (SSSR count). The Morgan fingerprint density at radius 3 is 2.45 bits per heavy atom. The molecule has 4 heteroatoms. The third-order valence-corrected chi connectivity index (χ3v) is 1.55. The number of nitrogens with one attached hydrogen (secondary N) is 1. The van der Waals surface area contributed by atoms with E-state index in [1.807, 2.05) is 6.92 Å². The first-order valence-corrected chi connectivity index (χ1v) is 5.19. The van der Waals surface area contributed by atoms with Crippen LogP contribution < -0.4 is 4.72 Å². The van der Waals surface area contributed by atoms with Crippen LogP contribution in [0.5, 0.6) is 0 Å². The zero-order valence-corrected chi connectivity index (χ0v) is 7.61. The highest BCUT2D eigenvalue weighted by molar-refractivity contribution is 7.88. The topological polar surface area (TPSA) is 46.2 Å². The predicted octanol–water partition coefficient (Wildman–Crippen LogP) is 1.02. The van der Waals surface area contributed by atoms with Crippen molar-refractivity contribution in [2.45, 2.75) is 13.3 Å². The molecule has 0 radical (unpaired) electrons. The van der Waals surface area contributed by atoms with Crippen molar-refractivity contribution in [3.63, 3.8) is 0 Å². The molecule has 0 saturated heterocycles. The van der Waals surface area contributed by atoms with E-state index in [0.717, 1.165) is 12.7 Å². The number of sulfonamides is 1. The molecule has 0 aliphatic carbocycles. The van der Waals surface area contributed by atoms with Gasteiger partial charge in [-0.2, -0.15) is 0 Å². The fourth-order valence-electron chi connectivity index (χ4n) is 0.601. The summed E-state index contributed by atoms with van der Waals surface area (Å²) in [7, 11) is -3.15. The third kappa shape index (κ3) is 5.66. The van der Waals surface area contributed by atoms with Crippen LogP contribution in [-0.2, 0) is 10.0 Å². The minimum absolute atomic E-state index is 0.537. The molecule has 0 unspecified atom stereocenters. The van der Waals surface area contributed by atoms with E-state index in [2.05, 4.69) is 11.3 Å². The van der Waals surface area contributed by atoms with Gasteiger partial charge in [0.1, 0.15) is 0 Å². The molecule has 0 saturated carbocycles. The smallest absolute Gasteiger partial charge is 0.229 e. The van der Waals surface area contributed by atoms with Gasteiger partial charge in [-0.05, 0) is 12.5 Å². The van der Waals surface area contributed by atoms with E-state index in [4.69, 9.17) is 0 Å². The Morgan fingerprint density at radius 1 is 1.64 bits per heavy atom. The van der Waals surface area contributed by atoms with Crippen LogP contribution in [0.4, 0.5) is 0 Å². The summed E-state index contributed by atoms with van der Waals surface area (Å²) in [6.07, 6.45) is 5.13. The molecule has 0 aromatic carbocycles. The second kappa shape index (κ2) is 4.18. The largest absolute Gasteiger partial charge is 0.284 e. The van der Waals surface area contributed by atoms with Crippen molar-refractivity contribution >= 4 is 10.0 Å². The standard InChI is InChI=1S/C7H13NO2S/c1-4-6-7(5-2)8-11(3,9)10/h5-6,8H,2,4H2,1,3H3/b7-6+. The summed E-state index contributed by atoms with van der Waals surface area (Å²) in [4.78, 5) is 0. The van der Waals surface area contributed by atoms with Gasteiger partial charge in [0.05, 0.1) is 6.26 Å². The maximum absolute atomic E-state index is 10.7. The number of rotatable bonds is 4. The van der Waals surface area contributed by atoms with E-state index < -0.39 is 10.0 Å². The van der Waals surface area contributed by atoms with Gasteiger partial charge in [0.25, 0.3) is 0 Å². The van der Waals surface area contributed by atoms with E-state index in [1.54, 1.807) is 6.08 Å². The molecule has 64 valence electrons. The maximum atomic E-state index is 10.7. The Kier molecular flexibility index (Phi) is 3.89. The van der Waals surface area contributed by atoms with Crippen LogP contribution in [0.25, 0.3) is 0 Å². The Labute approximate surface area is 67.9 Å². The molecular formula is C7H13NO2S. The molecule has 0 bridgehead atoms. The Hall–Kier alpha value is -0.770. The highest BCUT2D eigenvalue weighted by Crippen LogP contribution is 1.94. The van der Waals surface area contributed by atoms with Crippen LogP contribution >= 0.6 is 0 Å². The van der Waals surface area contributed by atoms with Crippen LogP contribution in [0, 0.1) is 0 Å². The van der Waals surface area contributed by atoms with E-state index >= 15 is 0 Å². The minimum atomic E-state index is -3.15.